The van der Waals surface area contributed by atoms with Crippen LogP contribution in [0.25, 0.3) is 0 Å². The van der Waals surface area contributed by atoms with Gasteiger partial charge in [-0.05, 0) is 49.2 Å². The molecule has 1 saturated heterocycles. The van der Waals surface area contributed by atoms with E-state index in [-0.39, 0.29) is 6.10 Å². The van der Waals surface area contributed by atoms with Gasteiger partial charge < -0.3 is 24.8 Å². The van der Waals surface area contributed by atoms with Crippen molar-refractivity contribution in [1.29, 1.82) is 0 Å². The quantitative estimate of drug-likeness (QED) is 0.335. The van der Waals surface area contributed by atoms with Crippen molar-refractivity contribution in [3.05, 3.63) is 59.7 Å². The fraction of sp³-hybridized carbons (Fsp3) is 0.480. The standard InChI is InChI=1S/C25H36N4O3/c1-20(2)32-24-10-8-23(9-11-24)28-25(26-12-15-30-3)27-18-21-6-4-5-7-22(21)19-29-13-16-31-17-14-29/h4-11,20H,12-19H2,1-3H3,(H2,26,27,28). The van der Waals surface area contributed by atoms with E-state index in [1.807, 2.05) is 38.1 Å². The highest BCUT2D eigenvalue weighted by atomic mass is 16.5. The zero-order chi connectivity index (χ0) is 22.6. The van der Waals surface area contributed by atoms with Crippen LogP contribution in [-0.4, -0.2) is 63.5 Å². The molecule has 1 aliphatic rings. The second kappa shape index (κ2) is 13.1. The smallest absolute Gasteiger partial charge is 0.196 e. The molecule has 0 atom stereocenters. The molecule has 0 bridgehead atoms. The molecular weight excluding hydrogens is 404 g/mol. The molecule has 3 rings (SSSR count). The first-order valence-corrected chi connectivity index (χ1v) is 11.3. The molecule has 2 aromatic carbocycles. The number of hydrogen-bond acceptors (Lipinski definition) is 5. The maximum Gasteiger partial charge on any atom is 0.196 e. The summed E-state index contributed by atoms with van der Waals surface area (Å²) < 4.78 is 16.4. The number of ether oxygens (including phenoxy) is 3. The van der Waals surface area contributed by atoms with Crippen molar-refractivity contribution in [1.82, 2.24) is 10.2 Å². The summed E-state index contributed by atoms with van der Waals surface area (Å²) in [6, 6.07) is 16.4. The number of guanidine groups is 1. The molecule has 0 saturated carbocycles. The zero-order valence-electron chi connectivity index (χ0n) is 19.5. The normalized spacial score (nSPS) is 15.1. The molecule has 0 aromatic heterocycles. The largest absolute Gasteiger partial charge is 0.491 e. The van der Waals surface area contributed by atoms with Crippen LogP contribution < -0.4 is 15.4 Å². The maximum atomic E-state index is 5.73. The van der Waals surface area contributed by atoms with Crippen LogP contribution >= 0.6 is 0 Å². The van der Waals surface area contributed by atoms with E-state index >= 15 is 0 Å². The third kappa shape index (κ3) is 8.15. The summed E-state index contributed by atoms with van der Waals surface area (Å²) in [6.07, 6.45) is 0.152. The average Bonchev–Trinajstić information content (AvgIpc) is 2.80. The number of hydrogen-bond donors (Lipinski definition) is 2. The van der Waals surface area contributed by atoms with Crippen LogP contribution in [0.2, 0.25) is 0 Å². The van der Waals surface area contributed by atoms with Gasteiger partial charge in [0.05, 0.1) is 32.5 Å². The van der Waals surface area contributed by atoms with Gasteiger partial charge in [-0.25, -0.2) is 4.99 Å². The van der Waals surface area contributed by atoms with Crippen molar-refractivity contribution in [3.8, 4) is 5.75 Å². The summed E-state index contributed by atoms with van der Waals surface area (Å²) in [5.41, 5.74) is 3.49. The lowest BCUT2D eigenvalue weighted by Gasteiger charge is -2.27. The maximum absolute atomic E-state index is 5.73. The van der Waals surface area contributed by atoms with Crippen LogP contribution in [0.15, 0.2) is 53.5 Å². The molecule has 0 spiro atoms. The minimum atomic E-state index is 0.152. The van der Waals surface area contributed by atoms with E-state index < -0.39 is 0 Å². The number of anilines is 1. The third-order valence-electron chi connectivity index (χ3n) is 5.11. The van der Waals surface area contributed by atoms with Gasteiger partial charge in [0.2, 0.25) is 0 Å². The Bertz CT molecular complexity index is 833. The number of morpholine rings is 1. The highest BCUT2D eigenvalue weighted by Gasteiger charge is 2.12. The van der Waals surface area contributed by atoms with Crippen LogP contribution in [0, 0.1) is 0 Å². The highest BCUT2D eigenvalue weighted by Crippen LogP contribution is 2.17. The van der Waals surface area contributed by atoms with E-state index in [0.29, 0.717) is 19.7 Å². The van der Waals surface area contributed by atoms with Crippen LogP contribution in [0.5, 0.6) is 5.75 Å². The van der Waals surface area contributed by atoms with Gasteiger partial charge in [0.15, 0.2) is 5.96 Å². The number of benzene rings is 2. The number of rotatable bonds is 10. The van der Waals surface area contributed by atoms with Crippen molar-refractivity contribution in [2.24, 2.45) is 4.99 Å². The Morgan fingerprint density at radius 3 is 2.47 bits per heavy atom. The lowest BCUT2D eigenvalue weighted by Crippen LogP contribution is -2.36. The topological polar surface area (TPSA) is 67.4 Å². The predicted molar refractivity (Wildman–Crippen MR) is 129 cm³/mol. The van der Waals surface area contributed by atoms with Crippen LogP contribution in [0.1, 0.15) is 25.0 Å². The molecule has 0 amide bonds. The van der Waals surface area contributed by atoms with Crippen LogP contribution in [0.3, 0.4) is 0 Å². The molecule has 32 heavy (non-hydrogen) atoms. The van der Waals surface area contributed by atoms with E-state index in [9.17, 15) is 0 Å². The zero-order valence-corrected chi connectivity index (χ0v) is 19.5. The van der Waals surface area contributed by atoms with Crippen LogP contribution in [0.4, 0.5) is 5.69 Å². The molecule has 174 valence electrons. The first-order chi connectivity index (χ1) is 15.6. The van der Waals surface area contributed by atoms with Gasteiger partial charge in [-0.3, -0.25) is 4.90 Å². The minimum Gasteiger partial charge on any atom is -0.491 e. The van der Waals surface area contributed by atoms with Crippen molar-refractivity contribution >= 4 is 11.6 Å². The third-order valence-corrected chi connectivity index (χ3v) is 5.11. The molecule has 1 fully saturated rings. The van der Waals surface area contributed by atoms with Gasteiger partial charge in [0.1, 0.15) is 5.75 Å². The lowest BCUT2D eigenvalue weighted by atomic mass is 10.1. The molecule has 7 heteroatoms. The second-order valence-electron chi connectivity index (χ2n) is 8.06. The molecule has 2 N–H and O–H groups in total. The Morgan fingerprint density at radius 1 is 1.06 bits per heavy atom. The van der Waals surface area contributed by atoms with E-state index in [1.54, 1.807) is 7.11 Å². The fourth-order valence-corrected chi connectivity index (χ4v) is 3.47. The Morgan fingerprint density at radius 2 is 1.78 bits per heavy atom. The molecule has 0 radical (unpaired) electrons. The Balaban J connectivity index is 1.68. The second-order valence-corrected chi connectivity index (χ2v) is 8.06. The van der Waals surface area contributed by atoms with E-state index in [1.165, 1.54) is 11.1 Å². The lowest BCUT2D eigenvalue weighted by molar-refractivity contribution is 0.0341. The van der Waals surface area contributed by atoms with Crippen LogP contribution in [-0.2, 0) is 22.6 Å². The average molecular weight is 441 g/mol. The number of aliphatic imine (C=N–C) groups is 1. The monoisotopic (exact) mass is 440 g/mol. The summed E-state index contributed by atoms with van der Waals surface area (Å²) >= 11 is 0. The van der Waals surface area contributed by atoms with Crippen molar-refractivity contribution in [3.63, 3.8) is 0 Å². The fourth-order valence-electron chi connectivity index (χ4n) is 3.47. The number of nitrogens with one attached hydrogen (secondary N) is 2. The Kier molecular flexibility index (Phi) is 9.81. The highest BCUT2D eigenvalue weighted by molar-refractivity contribution is 5.93. The van der Waals surface area contributed by atoms with E-state index in [2.05, 4.69) is 39.8 Å². The summed E-state index contributed by atoms with van der Waals surface area (Å²) in [5.74, 6) is 1.58. The summed E-state index contributed by atoms with van der Waals surface area (Å²) in [4.78, 5) is 7.28. The van der Waals surface area contributed by atoms with Gasteiger partial charge in [0.25, 0.3) is 0 Å². The Labute approximate surface area is 191 Å². The van der Waals surface area contributed by atoms with Gasteiger partial charge in [-0.1, -0.05) is 24.3 Å². The summed E-state index contributed by atoms with van der Waals surface area (Å²) in [5, 5.41) is 6.73. The van der Waals surface area contributed by atoms with Gasteiger partial charge in [-0.2, -0.15) is 0 Å². The van der Waals surface area contributed by atoms with Crippen molar-refractivity contribution < 1.29 is 14.2 Å². The SMILES string of the molecule is COCCNC(=NCc1ccccc1CN1CCOCC1)Nc1ccc(OC(C)C)cc1. The molecule has 0 unspecified atom stereocenters. The summed E-state index contributed by atoms with van der Waals surface area (Å²) in [6.45, 7) is 10.4. The van der Waals surface area contributed by atoms with Gasteiger partial charge >= 0.3 is 0 Å². The number of nitrogens with zero attached hydrogens (tertiary/aromatic N) is 2. The van der Waals surface area contributed by atoms with E-state index in [4.69, 9.17) is 19.2 Å². The van der Waals surface area contributed by atoms with Gasteiger partial charge in [-0.15, -0.1) is 0 Å². The molecule has 2 aromatic rings. The molecular formula is C25H36N4O3. The Hall–Kier alpha value is -2.61. The first-order valence-electron chi connectivity index (χ1n) is 11.3. The predicted octanol–water partition coefficient (Wildman–Crippen LogP) is 3.51. The minimum absolute atomic E-state index is 0.152. The summed E-state index contributed by atoms with van der Waals surface area (Å²) in [7, 11) is 1.70. The molecule has 0 aliphatic carbocycles. The first kappa shape index (κ1) is 24.0. The van der Waals surface area contributed by atoms with Gasteiger partial charge in [0, 0.05) is 39.0 Å². The molecule has 1 aliphatic heterocycles. The number of methoxy groups -OCH3 is 1. The van der Waals surface area contributed by atoms with Crippen molar-refractivity contribution in [2.75, 3.05) is 51.9 Å². The van der Waals surface area contributed by atoms with Crippen molar-refractivity contribution in [2.45, 2.75) is 33.0 Å². The molecule has 1 heterocycles. The molecule has 7 nitrogen and oxygen atoms in total. The van der Waals surface area contributed by atoms with E-state index in [0.717, 1.165) is 50.2 Å².